The number of fused-ring (bicyclic) bond motifs is 1. The smallest absolute Gasteiger partial charge is 0.227 e. The predicted octanol–water partition coefficient (Wildman–Crippen LogP) is 6.53. The van der Waals surface area contributed by atoms with Crippen LogP contribution in [0.3, 0.4) is 0 Å². The van der Waals surface area contributed by atoms with Crippen molar-refractivity contribution in [2.24, 2.45) is 5.92 Å². The Labute approximate surface area is 238 Å². The minimum atomic E-state index is -3.36. The Morgan fingerprint density at radius 2 is 1.65 bits per heavy atom. The maximum Gasteiger partial charge on any atom is 0.227 e. The monoisotopic (exact) mass is 557 g/mol. The highest BCUT2D eigenvalue weighted by atomic mass is 32.2. The molecule has 3 aromatic carbocycles. The molecule has 0 radical (unpaired) electrons. The Hall–Kier alpha value is -3.65. The van der Waals surface area contributed by atoms with Crippen LogP contribution in [0.1, 0.15) is 36.9 Å². The molecule has 1 unspecified atom stereocenters. The summed E-state index contributed by atoms with van der Waals surface area (Å²) in [6.07, 6.45) is 3.60. The molecule has 5 rings (SSSR count). The van der Waals surface area contributed by atoms with Gasteiger partial charge in [-0.05, 0) is 92.6 Å². The Morgan fingerprint density at radius 3 is 2.42 bits per heavy atom. The Bertz CT molecular complexity index is 1590. The van der Waals surface area contributed by atoms with Crippen LogP contribution in [0.2, 0.25) is 0 Å². The van der Waals surface area contributed by atoms with Gasteiger partial charge in [-0.1, -0.05) is 29.8 Å². The van der Waals surface area contributed by atoms with Gasteiger partial charge in [-0.25, -0.2) is 13.4 Å². The molecule has 1 aliphatic rings. The number of aryl methyl sites for hydroxylation is 2. The normalized spacial score (nSPS) is 16.1. The van der Waals surface area contributed by atoms with E-state index < -0.39 is 9.84 Å². The first kappa shape index (κ1) is 27.9. The highest BCUT2D eigenvalue weighted by molar-refractivity contribution is 7.91. The third-order valence-corrected chi connectivity index (χ3v) is 9.51. The summed E-state index contributed by atoms with van der Waals surface area (Å²) in [6, 6.07) is 21.8. The number of hydrogen-bond donors (Lipinski definition) is 1. The number of hydrogen-bond acceptors (Lipinski definition) is 7. The zero-order valence-corrected chi connectivity index (χ0v) is 24.7. The molecule has 0 aliphatic carbocycles. The van der Waals surface area contributed by atoms with Gasteiger partial charge in [-0.2, -0.15) is 4.98 Å². The minimum Gasteiger partial charge on any atom is -0.378 e. The van der Waals surface area contributed by atoms with Crippen molar-refractivity contribution in [1.29, 1.82) is 0 Å². The van der Waals surface area contributed by atoms with Crippen LogP contribution in [0.5, 0.6) is 0 Å². The fraction of sp³-hybridized carbons (Fsp3) is 0.375. The summed E-state index contributed by atoms with van der Waals surface area (Å²) in [4.78, 5) is 14.2. The van der Waals surface area contributed by atoms with Crippen molar-refractivity contribution in [3.05, 3.63) is 78.0 Å². The van der Waals surface area contributed by atoms with E-state index in [1.807, 2.05) is 56.3 Å². The van der Waals surface area contributed by atoms with Gasteiger partial charge in [-0.15, -0.1) is 0 Å². The molecule has 1 atom stereocenters. The third-order valence-electron chi connectivity index (χ3n) is 7.76. The number of sulfone groups is 1. The minimum absolute atomic E-state index is 0.171. The standard InChI is InChI=1S/C32H39N5O2S/c1-23-7-11-28(12-8-23)34-31-20-24(2)33-32(35-31)37-17-5-6-25(15-18-37)16-19-40(38,39)30-14-10-26-21-29(36(3)4)13-9-27(26)22-30/h7-14,20-22,25H,5-6,15-19H2,1-4H3,(H,33,34,35). The van der Waals surface area contributed by atoms with E-state index in [1.165, 1.54) is 5.56 Å². The number of nitrogens with one attached hydrogen (secondary N) is 1. The van der Waals surface area contributed by atoms with Crippen molar-refractivity contribution < 1.29 is 8.42 Å². The molecule has 1 aliphatic heterocycles. The second-order valence-corrected chi connectivity index (χ2v) is 13.3. The molecule has 8 heteroatoms. The summed E-state index contributed by atoms with van der Waals surface area (Å²) in [6.45, 7) is 5.76. The van der Waals surface area contributed by atoms with Crippen molar-refractivity contribution in [2.75, 3.05) is 48.1 Å². The van der Waals surface area contributed by atoms with E-state index in [4.69, 9.17) is 9.97 Å². The van der Waals surface area contributed by atoms with Gasteiger partial charge < -0.3 is 15.1 Å². The molecule has 0 amide bonds. The number of nitrogens with zero attached hydrogens (tertiary/aromatic N) is 4. The van der Waals surface area contributed by atoms with E-state index in [2.05, 4.69) is 47.5 Å². The van der Waals surface area contributed by atoms with Crippen molar-refractivity contribution in [1.82, 2.24) is 9.97 Å². The van der Waals surface area contributed by atoms with Gasteiger partial charge in [0.25, 0.3) is 0 Å². The van der Waals surface area contributed by atoms with Crippen LogP contribution in [-0.4, -0.2) is 51.3 Å². The molecular weight excluding hydrogens is 518 g/mol. The van der Waals surface area contributed by atoms with Gasteiger partial charge in [-0.3, -0.25) is 0 Å². The maximum absolute atomic E-state index is 13.3. The Kier molecular flexibility index (Phi) is 8.26. The summed E-state index contributed by atoms with van der Waals surface area (Å²) in [5.74, 6) is 2.05. The first-order valence-electron chi connectivity index (χ1n) is 14.0. The topological polar surface area (TPSA) is 78.4 Å². The highest BCUT2D eigenvalue weighted by Gasteiger charge is 2.23. The molecule has 0 bridgehead atoms. The van der Waals surface area contributed by atoms with Gasteiger partial charge in [0.1, 0.15) is 5.82 Å². The van der Waals surface area contributed by atoms with Gasteiger partial charge in [0.05, 0.1) is 10.6 Å². The number of rotatable bonds is 8. The Morgan fingerprint density at radius 1 is 0.900 bits per heavy atom. The second kappa shape index (κ2) is 11.8. The van der Waals surface area contributed by atoms with E-state index in [-0.39, 0.29) is 5.75 Å². The van der Waals surface area contributed by atoms with Crippen LogP contribution < -0.4 is 15.1 Å². The fourth-order valence-electron chi connectivity index (χ4n) is 5.32. The van der Waals surface area contributed by atoms with Gasteiger partial charge in [0, 0.05) is 50.3 Å². The summed E-state index contributed by atoms with van der Waals surface area (Å²) in [5, 5.41) is 5.40. The average molecular weight is 558 g/mol. The van der Waals surface area contributed by atoms with Gasteiger partial charge >= 0.3 is 0 Å². The molecule has 1 saturated heterocycles. The van der Waals surface area contributed by atoms with E-state index in [9.17, 15) is 8.42 Å². The zero-order valence-electron chi connectivity index (χ0n) is 23.9. The number of anilines is 4. The number of aromatic nitrogens is 2. The lowest BCUT2D eigenvalue weighted by molar-refractivity contribution is 0.457. The van der Waals surface area contributed by atoms with Gasteiger partial charge in [0.15, 0.2) is 9.84 Å². The molecule has 0 spiro atoms. The molecule has 1 N–H and O–H groups in total. The van der Waals surface area contributed by atoms with E-state index in [1.54, 1.807) is 6.07 Å². The first-order valence-corrected chi connectivity index (χ1v) is 15.7. The van der Waals surface area contributed by atoms with Crippen molar-refractivity contribution in [3.63, 3.8) is 0 Å². The molecule has 4 aromatic rings. The molecule has 1 aromatic heterocycles. The van der Waals surface area contributed by atoms with E-state index in [0.29, 0.717) is 17.2 Å². The molecule has 0 saturated carbocycles. The van der Waals surface area contributed by atoms with Crippen LogP contribution in [0.25, 0.3) is 10.8 Å². The summed E-state index contributed by atoms with van der Waals surface area (Å²) < 4.78 is 26.5. The lowest BCUT2D eigenvalue weighted by Gasteiger charge is -2.22. The lowest BCUT2D eigenvalue weighted by Crippen LogP contribution is -2.27. The molecule has 7 nitrogen and oxygen atoms in total. The lowest BCUT2D eigenvalue weighted by atomic mass is 9.98. The molecule has 2 heterocycles. The van der Waals surface area contributed by atoms with Crippen molar-refractivity contribution in [3.8, 4) is 0 Å². The van der Waals surface area contributed by atoms with Gasteiger partial charge in [0.2, 0.25) is 5.95 Å². The molecular formula is C32H39N5O2S. The van der Waals surface area contributed by atoms with Crippen LogP contribution in [0.15, 0.2) is 71.6 Å². The van der Waals surface area contributed by atoms with Crippen LogP contribution >= 0.6 is 0 Å². The fourth-order valence-corrected chi connectivity index (χ4v) is 6.78. The van der Waals surface area contributed by atoms with E-state index >= 15 is 0 Å². The van der Waals surface area contributed by atoms with Crippen LogP contribution in [0, 0.1) is 19.8 Å². The SMILES string of the molecule is Cc1ccc(Nc2cc(C)nc(N3CCCC(CCS(=O)(=O)c4ccc5cc(N(C)C)ccc5c4)CC3)n2)cc1. The largest absolute Gasteiger partial charge is 0.378 e. The van der Waals surface area contributed by atoms with Crippen molar-refractivity contribution in [2.45, 2.75) is 44.4 Å². The van der Waals surface area contributed by atoms with E-state index in [0.717, 1.165) is 72.0 Å². The second-order valence-electron chi connectivity index (χ2n) is 11.2. The average Bonchev–Trinajstić information content (AvgIpc) is 3.18. The van der Waals surface area contributed by atoms with Crippen LogP contribution in [0.4, 0.5) is 23.1 Å². The Balaban J connectivity index is 1.21. The summed E-state index contributed by atoms with van der Waals surface area (Å²) in [5.41, 5.74) is 4.23. The third kappa shape index (κ3) is 6.73. The summed E-state index contributed by atoms with van der Waals surface area (Å²) in [7, 11) is 0.648. The zero-order chi connectivity index (χ0) is 28.3. The number of benzene rings is 3. The predicted molar refractivity (Wildman–Crippen MR) is 166 cm³/mol. The highest BCUT2D eigenvalue weighted by Crippen LogP contribution is 2.28. The molecule has 40 heavy (non-hydrogen) atoms. The van der Waals surface area contributed by atoms with Crippen LogP contribution in [-0.2, 0) is 9.84 Å². The quantitative estimate of drug-likeness (QED) is 0.264. The maximum atomic E-state index is 13.3. The molecule has 1 fully saturated rings. The summed E-state index contributed by atoms with van der Waals surface area (Å²) >= 11 is 0. The molecule has 210 valence electrons. The first-order chi connectivity index (χ1) is 19.2. The van der Waals surface area contributed by atoms with Crippen molar-refractivity contribution >= 4 is 43.8 Å².